The highest BCUT2D eigenvalue weighted by Crippen LogP contribution is 2.25. The number of rotatable bonds is 5. The molecule has 1 amide bonds. The number of hydrogen-bond donors (Lipinski definition) is 2. The Morgan fingerprint density at radius 1 is 0.931 bits per heavy atom. The summed E-state index contributed by atoms with van der Waals surface area (Å²) in [5.41, 5.74) is 2.21. The van der Waals surface area contributed by atoms with Crippen LogP contribution in [0.4, 0.5) is 11.4 Å². The molecule has 3 aromatic carbocycles. The summed E-state index contributed by atoms with van der Waals surface area (Å²) in [5, 5.41) is 3.80. The molecule has 2 N–H and O–H groups in total. The molecule has 0 aliphatic rings. The van der Waals surface area contributed by atoms with E-state index in [0.717, 1.165) is 15.2 Å². The first-order valence-corrected chi connectivity index (χ1v) is 11.1. The van der Waals surface area contributed by atoms with Gasteiger partial charge >= 0.3 is 0 Å². The molecule has 29 heavy (non-hydrogen) atoms. The summed E-state index contributed by atoms with van der Waals surface area (Å²) in [4.78, 5) is 17.2. The Morgan fingerprint density at radius 3 is 2.52 bits per heavy atom. The van der Waals surface area contributed by atoms with E-state index >= 15 is 0 Å². The van der Waals surface area contributed by atoms with Crippen molar-refractivity contribution in [3.8, 4) is 0 Å². The molecule has 0 unspecified atom stereocenters. The summed E-state index contributed by atoms with van der Waals surface area (Å²) in [6.45, 7) is 1.94. The summed E-state index contributed by atoms with van der Waals surface area (Å²) in [7, 11) is -3.72. The van der Waals surface area contributed by atoms with Crippen molar-refractivity contribution in [3.05, 3.63) is 83.4 Å². The van der Waals surface area contributed by atoms with Gasteiger partial charge in [0.05, 0.1) is 20.1 Å². The lowest BCUT2D eigenvalue weighted by Gasteiger charge is -2.10. The molecule has 1 aromatic heterocycles. The van der Waals surface area contributed by atoms with Crippen molar-refractivity contribution < 1.29 is 13.2 Å². The number of carbonyl (C=O) groups excluding carboxylic acids is 1. The third-order valence-electron chi connectivity index (χ3n) is 4.18. The summed E-state index contributed by atoms with van der Waals surface area (Å²) in [6, 6.07) is 20.0. The molecule has 0 saturated carbocycles. The van der Waals surface area contributed by atoms with Crippen LogP contribution in [0, 0.1) is 6.92 Å². The third kappa shape index (κ3) is 4.28. The van der Waals surface area contributed by atoms with Crippen LogP contribution in [0.3, 0.4) is 0 Å². The average Bonchev–Trinajstić information content (AvgIpc) is 3.08. The van der Waals surface area contributed by atoms with Crippen molar-refractivity contribution in [1.29, 1.82) is 0 Å². The summed E-state index contributed by atoms with van der Waals surface area (Å²) >= 11 is 1.56. The Morgan fingerprint density at radius 2 is 1.72 bits per heavy atom. The molecular weight excluding hydrogens is 406 g/mol. The quantitative estimate of drug-likeness (QED) is 0.489. The van der Waals surface area contributed by atoms with Gasteiger partial charge in [0.2, 0.25) is 0 Å². The second-order valence-corrected chi connectivity index (χ2v) is 9.29. The minimum absolute atomic E-state index is 0.156. The molecule has 8 heteroatoms. The maximum Gasteiger partial charge on any atom is 0.261 e. The van der Waals surface area contributed by atoms with Gasteiger partial charge in [-0.2, -0.15) is 0 Å². The number of sulfonamides is 1. The van der Waals surface area contributed by atoms with Gasteiger partial charge in [0.1, 0.15) is 0 Å². The normalized spacial score (nSPS) is 11.3. The highest BCUT2D eigenvalue weighted by atomic mass is 32.2. The molecule has 0 aliphatic heterocycles. The lowest BCUT2D eigenvalue weighted by Crippen LogP contribution is -2.15. The van der Waals surface area contributed by atoms with E-state index in [1.807, 2.05) is 19.1 Å². The van der Waals surface area contributed by atoms with Crippen LogP contribution in [0.2, 0.25) is 0 Å². The molecule has 0 bridgehead atoms. The fourth-order valence-electron chi connectivity index (χ4n) is 2.86. The predicted octanol–water partition coefficient (Wildman–Crippen LogP) is 4.66. The second-order valence-electron chi connectivity index (χ2n) is 6.37. The van der Waals surface area contributed by atoms with Gasteiger partial charge < -0.3 is 5.32 Å². The smallest absolute Gasteiger partial charge is 0.261 e. The molecule has 4 aromatic rings. The molecule has 0 saturated heterocycles. The van der Waals surface area contributed by atoms with Crippen molar-refractivity contribution in [2.75, 3.05) is 10.0 Å². The Labute approximate surface area is 172 Å². The van der Waals surface area contributed by atoms with Crippen LogP contribution in [0.5, 0.6) is 0 Å². The Kier molecular flexibility index (Phi) is 5.04. The highest BCUT2D eigenvalue weighted by Gasteiger charge is 2.15. The van der Waals surface area contributed by atoms with E-state index in [1.54, 1.807) is 53.8 Å². The number of benzene rings is 3. The molecule has 0 spiro atoms. The first-order valence-electron chi connectivity index (χ1n) is 8.77. The van der Waals surface area contributed by atoms with Gasteiger partial charge in [0, 0.05) is 16.9 Å². The number of nitrogens with one attached hydrogen (secondary N) is 2. The first-order chi connectivity index (χ1) is 13.9. The standard InChI is InChI=1S/C21H17N3O3S2/c1-14-22-19-11-10-16(13-20(19)28-14)23-21(25)15-6-5-7-17(12-15)24-29(26,27)18-8-3-2-4-9-18/h2-13,24H,1H3,(H,23,25). The van der Waals surface area contributed by atoms with Gasteiger partial charge in [-0.1, -0.05) is 24.3 Å². The summed E-state index contributed by atoms with van der Waals surface area (Å²) < 4.78 is 28.5. The molecule has 4 rings (SSSR count). The van der Waals surface area contributed by atoms with Crippen molar-refractivity contribution in [2.45, 2.75) is 11.8 Å². The van der Waals surface area contributed by atoms with Gasteiger partial charge in [-0.25, -0.2) is 13.4 Å². The molecule has 1 heterocycles. The molecule has 0 fully saturated rings. The number of anilines is 2. The van der Waals surface area contributed by atoms with Crippen LogP contribution in [-0.2, 0) is 10.0 Å². The maximum absolute atomic E-state index is 12.6. The fourth-order valence-corrected chi connectivity index (χ4v) is 4.80. The monoisotopic (exact) mass is 423 g/mol. The Balaban J connectivity index is 1.53. The van der Waals surface area contributed by atoms with E-state index in [2.05, 4.69) is 15.0 Å². The number of hydrogen-bond acceptors (Lipinski definition) is 5. The zero-order valence-corrected chi connectivity index (χ0v) is 17.0. The lowest BCUT2D eigenvalue weighted by atomic mass is 10.2. The third-order valence-corrected chi connectivity index (χ3v) is 6.51. The van der Waals surface area contributed by atoms with Crippen LogP contribution in [0.25, 0.3) is 10.2 Å². The maximum atomic E-state index is 12.6. The SMILES string of the molecule is Cc1nc2ccc(NC(=O)c3cccc(NS(=O)(=O)c4ccccc4)c3)cc2s1. The van der Waals surface area contributed by atoms with Gasteiger partial charge in [-0.3, -0.25) is 9.52 Å². The van der Waals surface area contributed by atoms with E-state index in [9.17, 15) is 13.2 Å². The molecule has 0 aliphatic carbocycles. The number of aromatic nitrogens is 1. The topological polar surface area (TPSA) is 88.2 Å². The fraction of sp³-hybridized carbons (Fsp3) is 0.0476. The van der Waals surface area contributed by atoms with Crippen molar-refractivity contribution >= 4 is 48.9 Å². The van der Waals surface area contributed by atoms with Crippen LogP contribution >= 0.6 is 11.3 Å². The minimum Gasteiger partial charge on any atom is -0.322 e. The Hall–Kier alpha value is -3.23. The number of nitrogens with zero attached hydrogens (tertiary/aromatic N) is 1. The minimum atomic E-state index is -3.72. The molecule has 0 atom stereocenters. The summed E-state index contributed by atoms with van der Waals surface area (Å²) in [6.07, 6.45) is 0. The molecule has 6 nitrogen and oxygen atoms in total. The van der Waals surface area contributed by atoms with Gasteiger partial charge in [0.25, 0.3) is 15.9 Å². The van der Waals surface area contributed by atoms with Gasteiger partial charge in [-0.05, 0) is 55.5 Å². The van der Waals surface area contributed by atoms with Gasteiger partial charge in [0.15, 0.2) is 0 Å². The zero-order valence-electron chi connectivity index (χ0n) is 15.4. The van der Waals surface area contributed by atoms with Crippen LogP contribution < -0.4 is 10.0 Å². The van der Waals surface area contributed by atoms with Gasteiger partial charge in [-0.15, -0.1) is 11.3 Å². The van der Waals surface area contributed by atoms with Crippen molar-refractivity contribution in [1.82, 2.24) is 4.98 Å². The predicted molar refractivity (Wildman–Crippen MR) is 116 cm³/mol. The molecule has 146 valence electrons. The zero-order chi connectivity index (χ0) is 20.4. The molecule has 0 radical (unpaired) electrons. The van der Waals surface area contributed by atoms with E-state index in [4.69, 9.17) is 0 Å². The average molecular weight is 424 g/mol. The number of amides is 1. The Bertz CT molecular complexity index is 1300. The number of aryl methyl sites for hydroxylation is 1. The van der Waals surface area contributed by atoms with Crippen molar-refractivity contribution in [2.24, 2.45) is 0 Å². The number of fused-ring (bicyclic) bond motifs is 1. The van der Waals surface area contributed by atoms with E-state index in [-0.39, 0.29) is 10.8 Å². The molecular formula is C21H17N3O3S2. The summed E-state index contributed by atoms with van der Waals surface area (Å²) in [5.74, 6) is -0.327. The lowest BCUT2D eigenvalue weighted by molar-refractivity contribution is 0.102. The number of thiazole rings is 1. The largest absolute Gasteiger partial charge is 0.322 e. The second kappa shape index (κ2) is 7.65. The van der Waals surface area contributed by atoms with E-state index in [0.29, 0.717) is 16.9 Å². The van der Waals surface area contributed by atoms with Crippen LogP contribution in [0.15, 0.2) is 77.7 Å². The first kappa shape index (κ1) is 19.1. The van der Waals surface area contributed by atoms with Crippen LogP contribution in [0.1, 0.15) is 15.4 Å². The van der Waals surface area contributed by atoms with Crippen LogP contribution in [-0.4, -0.2) is 19.3 Å². The van der Waals surface area contributed by atoms with E-state index in [1.165, 1.54) is 18.2 Å². The number of carbonyl (C=O) groups is 1. The van der Waals surface area contributed by atoms with E-state index < -0.39 is 10.0 Å². The highest BCUT2D eigenvalue weighted by molar-refractivity contribution is 7.92. The van der Waals surface area contributed by atoms with Crippen molar-refractivity contribution in [3.63, 3.8) is 0 Å².